The molecule has 0 bridgehead atoms. The molecule has 1 aromatic carbocycles. The Morgan fingerprint density at radius 2 is 2.16 bits per heavy atom. The van der Waals surface area contributed by atoms with Crippen LogP contribution in [0.15, 0.2) is 40.5 Å². The van der Waals surface area contributed by atoms with Gasteiger partial charge < -0.3 is 10.1 Å². The van der Waals surface area contributed by atoms with E-state index in [0.717, 1.165) is 33.5 Å². The van der Waals surface area contributed by atoms with Crippen LogP contribution in [0.4, 0.5) is 5.82 Å². The van der Waals surface area contributed by atoms with Gasteiger partial charge >= 0.3 is 0 Å². The van der Waals surface area contributed by atoms with Crippen LogP contribution in [0.2, 0.25) is 0 Å². The number of anilines is 1. The van der Waals surface area contributed by atoms with E-state index in [2.05, 4.69) is 22.2 Å². The number of aromatic nitrogens is 2. The predicted molar refractivity (Wildman–Crippen MR) is 78.1 cm³/mol. The Hall–Kier alpha value is -1.75. The summed E-state index contributed by atoms with van der Waals surface area (Å²) in [5.74, 6) is 1.74. The second-order valence-electron chi connectivity index (χ2n) is 3.89. The minimum atomic E-state index is 0.853. The van der Waals surface area contributed by atoms with Crippen molar-refractivity contribution in [1.29, 1.82) is 0 Å². The van der Waals surface area contributed by atoms with Crippen LogP contribution in [0, 0.1) is 0 Å². The summed E-state index contributed by atoms with van der Waals surface area (Å²) in [4.78, 5) is 9.73. The molecule has 0 aliphatic heterocycles. The Kier molecular flexibility index (Phi) is 4.63. The fourth-order valence-corrected chi connectivity index (χ4v) is 2.80. The van der Waals surface area contributed by atoms with Crippen LogP contribution in [0.5, 0.6) is 5.75 Å². The molecule has 0 aliphatic rings. The summed E-state index contributed by atoms with van der Waals surface area (Å²) in [6.45, 7) is 2.11. The summed E-state index contributed by atoms with van der Waals surface area (Å²) in [5.41, 5.74) is 1.14. The first-order valence-corrected chi connectivity index (χ1v) is 6.93. The van der Waals surface area contributed by atoms with Crippen LogP contribution in [0.1, 0.15) is 12.5 Å². The largest absolute Gasteiger partial charge is 0.497 e. The highest BCUT2D eigenvalue weighted by Gasteiger charge is 2.10. The molecule has 100 valence electrons. The molecule has 0 saturated carbocycles. The van der Waals surface area contributed by atoms with Gasteiger partial charge in [0.25, 0.3) is 0 Å². The number of ether oxygens (including phenoxy) is 1. The lowest BCUT2D eigenvalue weighted by Gasteiger charge is -2.10. The monoisotopic (exact) mass is 275 g/mol. The van der Waals surface area contributed by atoms with Crippen molar-refractivity contribution in [2.45, 2.75) is 23.3 Å². The van der Waals surface area contributed by atoms with E-state index in [0.29, 0.717) is 0 Å². The molecule has 0 radical (unpaired) electrons. The van der Waals surface area contributed by atoms with Gasteiger partial charge in [-0.05, 0) is 24.6 Å². The molecule has 2 aromatic rings. The van der Waals surface area contributed by atoms with E-state index in [1.165, 1.54) is 0 Å². The van der Waals surface area contributed by atoms with Gasteiger partial charge in [-0.25, -0.2) is 9.97 Å². The third-order valence-corrected chi connectivity index (χ3v) is 3.79. The number of nitrogens with zero attached hydrogens (tertiary/aromatic N) is 2. The number of hydrogen-bond donors (Lipinski definition) is 1. The molecule has 1 N–H and O–H groups in total. The Bertz CT molecular complexity index is 560. The maximum absolute atomic E-state index is 5.24. The Labute approximate surface area is 117 Å². The fourth-order valence-electron chi connectivity index (χ4n) is 1.79. The van der Waals surface area contributed by atoms with Crippen molar-refractivity contribution >= 4 is 17.6 Å². The first kappa shape index (κ1) is 13.7. The van der Waals surface area contributed by atoms with Gasteiger partial charge in [-0.15, -0.1) is 0 Å². The second kappa shape index (κ2) is 6.43. The van der Waals surface area contributed by atoms with Crippen LogP contribution in [-0.2, 0) is 6.42 Å². The van der Waals surface area contributed by atoms with Crippen molar-refractivity contribution in [2.75, 3.05) is 19.5 Å². The number of methoxy groups -OCH3 is 1. The van der Waals surface area contributed by atoms with Crippen molar-refractivity contribution in [3.05, 3.63) is 36.2 Å². The van der Waals surface area contributed by atoms with Gasteiger partial charge in [0.1, 0.15) is 22.9 Å². The average Bonchev–Trinajstić information content (AvgIpc) is 2.47. The lowest BCUT2D eigenvalue weighted by atomic mass is 10.2. The molecule has 0 unspecified atom stereocenters. The molecular weight excluding hydrogens is 258 g/mol. The van der Waals surface area contributed by atoms with Crippen molar-refractivity contribution < 1.29 is 4.74 Å². The fraction of sp³-hybridized carbons (Fsp3) is 0.286. The van der Waals surface area contributed by atoms with Gasteiger partial charge in [0.05, 0.1) is 7.11 Å². The van der Waals surface area contributed by atoms with Crippen LogP contribution >= 0.6 is 11.8 Å². The number of benzene rings is 1. The standard InChI is InChI=1S/C14H17N3OS/c1-4-12-13(15-2)16-9-17-14(12)19-11-7-5-6-10(8-11)18-3/h5-9H,4H2,1-3H3,(H,15,16,17). The highest BCUT2D eigenvalue weighted by Crippen LogP contribution is 2.32. The summed E-state index contributed by atoms with van der Waals surface area (Å²) in [7, 11) is 3.55. The highest BCUT2D eigenvalue weighted by molar-refractivity contribution is 7.99. The third-order valence-electron chi connectivity index (χ3n) is 2.75. The van der Waals surface area contributed by atoms with Gasteiger partial charge in [0.2, 0.25) is 0 Å². The molecular formula is C14H17N3OS. The number of rotatable bonds is 5. The van der Waals surface area contributed by atoms with E-state index in [4.69, 9.17) is 4.74 Å². The maximum Gasteiger partial charge on any atom is 0.133 e. The van der Waals surface area contributed by atoms with Crippen molar-refractivity contribution in [3.8, 4) is 5.75 Å². The average molecular weight is 275 g/mol. The van der Waals surface area contributed by atoms with E-state index in [1.807, 2.05) is 31.3 Å². The van der Waals surface area contributed by atoms with Gasteiger partial charge in [-0.2, -0.15) is 0 Å². The molecule has 19 heavy (non-hydrogen) atoms. The van der Waals surface area contributed by atoms with Gasteiger partial charge in [-0.3, -0.25) is 0 Å². The molecule has 0 amide bonds. The molecule has 0 fully saturated rings. The van der Waals surface area contributed by atoms with E-state index in [-0.39, 0.29) is 0 Å². The summed E-state index contributed by atoms with van der Waals surface area (Å²) in [6.07, 6.45) is 2.48. The van der Waals surface area contributed by atoms with Gasteiger partial charge in [-0.1, -0.05) is 24.8 Å². The molecule has 1 heterocycles. The van der Waals surface area contributed by atoms with Crippen molar-refractivity contribution in [2.24, 2.45) is 0 Å². The molecule has 0 atom stereocenters. The van der Waals surface area contributed by atoms with Crippen LogP contribution in [-0.4, -0.2) is 24.1 Å². The predicted octanol–water partition coefficient (Wildman–Crippen LogP) is 3.24. The van der Waals surface area contributed by atoms with Gasteiger partial charge in [0.15, 0.2) is 0 Å². The topological polar surface area (TPSA) is 47.0 Å². The minimum absolute atomic E-state index is 0.853. The molecule has 0 aliphatic carbocycles. The molecule has 2 rings (SSSR count). The lowest BCUT2D eigenvalue weighted by molar-refractivity contribution is 0.413. The molecule has 0 spiro atoms. The van der Waals surface area contributed by atoms with Crippen LogP contribution in [0.25, 0.3) is 0 Å². The normalized spacial score (nSPS) is 10.3. The van der Waals surface area contributed by atoms with E-state index < -0.39 is 0 Å². The molecule has 5 heteroatoms. The quantitative estimate of drug-likeness (QED) is 0.849. The van der Waals surface area contributed by atoms with Crippen LogP contribution in [0.3, 0.4) is 0 Å². The van der Waals surface area contributed by atoms with E-state index in [9.17, 15) is 0 Å². The summed E-state index contributed by atoms with van der Waals surface area (Å²) in [6, 6.07) is 7.97. The number of hydrogen-bond acceptors (Lipinski definition) is 5. The first-order valence-electron chi connectivity index (χ1n) is 6.12. The minimum Gasteiger partial charge on any atom is -0.497 e. The SMILES string of the molecule is CCc1c(NC)ncnc1Sc1cccc(OC)c1. The van der Waals surface area contributed by atoms with E-state index in [1.54, 1.807) is 25.2 Å². The lowest BCUT2D eigenvalue weighted by Crippen LogP contribution is -2.01. The van der Waals surface area contributed by atoms with Crippen molar-refractivity contribution in [1.82, 2.24) is 9.97 Å². The first-order chi connectivity index (χ1) is 9.28. The third kappa shape index (κ3) is 3.17. The summed E-state index contributed by atoms with van der Waals surface area (Å²) < 4.78 is 5.24. The maximum atomic E-state index is 5.24. The molecule has 1 aromatic heterocycles. The molecule has 0 saturated heterocycles. The Morgan fingerprint density at radius 1 is 1.32 bits per heavy atom. The summed E-state index contributed by atoms with van der Waals surface area (Å²) >= 11 is 1.63. The van der Waals surface area contributed by atoms with Crippen molar-refractivity contribution in [3.63, 3.8) is 0 Å². The highest BCUT2D eigenvalue weighted by atomic mass is 32.2. The second-order valence-corrected chi connectivity index (χ2v) is 4.95. The molecule has 4 nitrogen and oxygen atoms in total. The Balaban J connectivity index is 2.32. The Morgan fingerprint density at radius 3 is 2.84 bits per heavy atom. The zero-order valence-electron chi connectivity index (χ0n) is 11.3. The van der Waals surface area contributed by atoms with E-state index >= 15 is 0 Å². The smallest absolute Gasteiger partial charge is 0.133 e. The van der Waals surface area contributed by atoms with Crippen LogP contribution < -0.4 is 10.1 Å². The zero-order chi connectivity index (χ0) is 13.7. The van der Waals surface area contributed by atoms with Gasteiger partial charge in [0, 0.05) is 17.5 Å². The number of nitrogens with one attached hydrogen (secondary N) is 1. The zero-order valence-corrected chi connectivity index (χ0v) is 12.1. The summed E-state index contributed by atoms with van der Waals surface area (Å²) in [5, 5.41) is 4.09.